The van der Waals surface area contributed by atoms with E-state index in [-0.39, 0.29) is 11.3 Å². The predicted octanol–water partition coefficient (Wildman–Crippen LogP) is 5.79. The summed E-state index contributed by atoms with van der Waals surface area (Å²) < 4.78 is 0. The van der Waals surface area contributed by atoms with Crippen LogP contribution in [-0.2, 0) is 0 Å². The summed E-state index contributed by atoms with van der Waals surface area (Å²) in [6.07, 6.45) is 0.699. The van der Waals surface area contributed by atoms with E-state index in [9.17, 15) is 14.7 Å². The number of hydrogen-bond donors (Lipinski definition) is 2. The SMILES string of the molecule is O=Cc1ccc(-c2ccccc2)cc1NC(=O)c1cc(-c2ccccc2)ccc1O. The molecule has 0 aliphatic carbocycles. The lowest BCUT2D eigenvalue weighted by atomic mass is 10.0. The Balaban J connectivity index is 1.68. The molecule has 0 bridgehead atoms. The monoisotopic (exact) mass is 393 g/mol. The normalized spacial score (nSPS) is 10.4. The summed E-state index contributed by atoms with van der Waals surface area (Å²) in [6, 6.07) is 29.4. The van der Waals surface area contributed by atoms with E-state index in [4.69, 9.17) is 0 Å². The van der Waals surface area contributed by atoms with E-state index in [2.05, 4.69) is 5.32 Å². The Kier molecular flexibility index (Phi) is 5.39. The standard InChI is InChI=1S/C26H19NO3/c28-17-22-12-11-21(19-9-5-2-6-10-19)16-24(22)27-26(30)23-15-20(13-14-25(23)29)18-7-3-1-4-8-18/h1-17,29H,(H,27,30). The fourth-order valence-corrected chi connectivity index (χ4v) is 3.30. The summed E-state index contributed by atoms with van der Waals surface area (Å²) >= 11 is 0. The van der Waals surface area contributed by atoms with Gasteiger partial charge in [0.05, 0.1) is 11.3 Å². The Labute approximate surface area is 174 Å². The molecular formula is C26H19NO3. The third-order valence-electron chi connectivity index (χ3n) is 4.88. The number of phenolic OH excluding ortho intramolecular Hbond substituents is 1. The summed E-state index contributed by atoms with van der Waals surface area (Å²) in [6.45, 7) is 0. The van der Waals surface area contributed by atoms with Gasteiger partial charge in [0.2, 0.25) is 0 Å². The number of amides is 1. The van der Waals surface area contributed by atoms with Gasteiger partial charge in [0.25, 0.3) is 5.91 Å². The zero-order valence-electron chi connectivity index (χ0n) is 16.1. The summed E-state index contributed by atoms with van der Waals surface area (Å²) in [5.41, 5.74) is 4.48. The third kappa shape index (κ3) is 3.98. The van der Waals surface area contributed by atoms with Crippen molar-refractivity contribution in [2.75, 3.05) is 5.32 Å². The van der Waals surface area contributed by atoms with Gasteiger partial charge in [0, 0.05) is 5.56 Å². The van der Waals surface area contributed by atoms with Crippen molar-refractivity contribution in [2.24, 2.45) is 0 Å². The molecular weight excluding hydrogens is 374 g/mol. The number of rotatable bonds is 5. The van der Waals surface area contributed by atoms with E-state index in [1.54, 1.807) is 24.3 Å². The van der Waals surface area contributed by atoms with Crippen LogP contribution in [0, 0.1) is 0 Å². The summed E-state index contributed by atoms with van der Waals surface area (Å²) in [4.78, 5) is 24.4. The Morgan fingerprint density at radius 2 is 1.27 bits per heavy atom. The number of nitrogens with one attached hydrogen (secondary N) is 1. The quantitative estimate of drug-likeness (QED) is 0.422. The number of anilines is 1. The lowest BCUT2D eigenvalue weighted by molar-refractivity contribution is 0.102. The first-order chi connectivity index (χ1) is 14.7. The topological polar surface area (TPSA) is 66.4 Å². The molecule has 0 aromatic heterocycles. The molecule has 2 N–H and O–H groups in total. The second-order valence-corrected chi connectivity index (χ2v) is 6.84. The number of aromatic hydroxyl groups is 1. The highest BCUT2D eigenvalue weighted by atomic mass is 16.3. The van der Waals surface area contributed by atoms with Gasteiger partial charge in [0.1, 0.15) is 5.75 Å². The minimum Gasteiger partial charge on any atom is -0.507 e. The van der Waals surface area contributed by atoms with Gasteiger partial charge in [-0.1, -0.05) is 72.8 Å². The third-order valence-corrected chi connectivity index (χ3v) is 4.88. The fourth-order valence-electron chi connectivity index (χ4n) is 3.30. The van der Waals surface area contributed by atoms with E-state index < -0.39 is 5.91 Å². The van der Waals surface area contributed by atoms with Crippen LogP contribution in [0.1, 0.15) is 20.7 Å². The van der Waals surface area contributed by atoms with Gasteiger partial charge in [-0.05, 0) is 46.5 Å². The van der Waals surface area contributed by atoms with E-state index >= 15 is 0 Å². The van der Waals surface area contributed by atoms with Crippen molar-refractivity contribution in [3.63, 3.8) is 0 Å². The second kappa shape index (κ2) is 8.45. The molecule has 0 radical (unpaired) electrons. The van der Waals surface area contributed by atoms with Gasteiger partial charge >= 0.3 is 0 Å². The van der Waals surface area contributed by atoms with Crippen molar-refractivity contribution in [2.45, 2.75) is 0 Å². The highest BCUT2D eigenvalue weighted by Crippen LogP contribution is 2.29. The van der Waals surface area contributed by atoms with Gasteiger partial charge in [0.15, 0.2) is 6.29 Å². The molecule has 4 heteroatoms. The van der Waals surface area contributed by atoms with Crippen LogP contribution in [0.5, 0.6) is 5.75 Å². The molecule has 4 rings (SSSR count). The molecule has 4 nitrogen and oxygen atoms in total. The number of carbonyl (C=O) groups is 2. The Morgan fingerprint density at radius 3 is 1.87 bits per heavy atom. The van der Waals surface area contributed by atoms with Crippen LogP contribution >= 0.6 is 0 Å². The molecule has 0 unspecified atom stereocenters. The summed E-state index contributed by atoms with van der Waals surface area (Å²) in [5.74, 6) is -0.613. The molecule has 0 saturated carbocycles. The van der Waals surface area contributed by atoms with E-state index in [1.807, 2.05) is 66.7 Å². The van der Waals surface area contributed by atoms with Crippen LogP contribution in [0.3, 0.4) is 0 Å². The maximum atomic E-state index is 12.9. The molecule has 0 saturated heterocycles. The van der Waals surface area contributed by atoms with E-state index in [0.29, 0.717) is 17.5 Å². The zero-order chi connectivity index (χ0) is 20.9. The Bertz CT molecular complexity index is 1200. The number of hydrogen-bond acceptors (Lipinski definition) is 3. The Morgan fingerprint density at radius 1 is 0.700 bits per heavy atom. The van der Waals surface area contributed by atoms with Crippen molar-refractivity contribution >= 4 is 17.9 Å². The summed E-state index contributed by atoms with van der Waals surface area (Å²) in [5, 5.41) is 13.0. The molecule has 4 aromatic rings. The highest BCUT2D eigenvalue weighted by Gasteiger charge is 2.15. The number of phenols is 1. The van der Waals surface area contributed by atoms with Crippen LogP contribution < -0.4 is 5.32 Å². The molecule has 0 fully saturated rings. The van der Waals surface area contributed by atoms with Crippen molar-refractivity contribution in [1.29, 1.82) is 0 Å². The van der Waals surface area contributed by atoms with Gasteiger partial charge in [-0.15, -0.1) is 0 Å². The van der Waals surface area contributed by atoms with Crippen LogP contribution in [0.15, 0.2) is 97.1 Å². The van der Waals surface area contributed by atoms with E-state index in [0.717, 1.165) is 22.3 Å². The van der Waals surface area contributed by atoms with Crippen molar-refractivity contribution in [3.05, 3.63) is 108 Å². The van der Waals surface area contributed by atoms with Crippen LogP contribution in [-0.4, -0.2) is 17.3 Å². The molecule has 4 aromatic carbocycles. The zero-order valence-corrected chi connectivity index (χ0v) is 16.1. The molecule has 0 atom stereocenters. The number of benzene rings is 4. The second-order valence-electron chi connectivity index (χ2n) is 6.84. The van der Waals surface area contributed by atoms with Gasteiger partial charge < -0.3 is 10.4 Å². The van der Waals surface area contributed by atoms with E-state index in [1.165, 1.54) is 6.07 Å². The average Bonchev–Trinajstić information content (AvgIpc) is 2.80. The van der Waals surface area contributed by atoms with Crippen LogP contribution in [0.25, 0.3) is 22.3 Å². The van der Waals surface area contributed by atoms with Crippen LogP contribution in [0.2, 0.25) is 0 Å². The van der Waals surface area contributed by atoms with Gasteiger partial charge in [-0.25, -0.2) is 0 Å². The first kappa shape index (κ1) is 19.2. The number of aldehydes is 1. The van der Waals surface area contributed by atoms with Crippen molar-refractivity contribution in [1.82, 2.24) is 0 Å². The largest absolute Gasteiger partial charge is 0.507 e. The first-order valence-electron chi connectivity index (χ1n) is 9.50. The average molecular weight is 393 g/mol. The lowest BCUT2D eigenvalue weighted by Gasteiger charge is -2.12. The molecule has 30 heavy (non-hydrogen) atoms. The highest BCUT2D eigenvalue weighted by molar-refractivity contribution is 6.09. The predicted molar refractivity (Wildman–Crippen MR) is 119 cm³/mol. The molecule has 146 valence electrons. The smallest absolute Gasteiger partial charge is 0.259 e. The minimum atomic E-state index is -0.487. The Hall–Kier alpha value is -4.18. The molecule has 0 heterocycles. The number of carbonyl (C=O) groups excluding carboxylic acids is 2. The molecule has 0 aliphatic heterocycles. The van der Waals surface area contributed by atoms with Gasteiger partial charge in [-0.2, -0.15) is 0 Å². The van der Waals surface area contributed by atoms with Crippen molar-refractivity contribution < 1.29 is 14.7 Å². The van der Waals surface area contributed by atoms with Crippen LogP contribution in [0.4, 0.5) is 5.69 Å². The summed E-state index contributed by atoms with van der Waals surface area (Å²) in [7, 11) is 0. The van der Waals surface area contributed by atoms with Crippen molar-refractivity contribution in [3.8, 4) is 28.0 Å². The fraction of sp³-hybridized carbons (Fsp3) is 0. The first-order valence-corrected chi connectivity index (χ1v) is 9.50. The molecule has 0 aliphatic rings. The lowest BCUT2D eigenvalue weighted by Crippen LogP contribution is -2.13. The maximum absolute atomic E-state index is 12.9. The molecule has 0 spiro atoms. The minimum absolute atomic E-state index is 0.126. The molecule has 1 amide bonds. The van der Waals surface area contributed by atoms with Gasteiger partial charge in [-0.3, -0.25) is 9.59 Å². The maximum Gasteiger partial charge on any atom is 0.259 e.